The van der Waals surface area contributed by atoms with E-state index in [2.05, 4.69) is 10.0 Å². The zero-order valence-corrected chi connectivity index (χ0v) is 15.5. The average molecular weight is 403 g/mol. The molecular formula is C16H16Cl2N2O4S. The van der Waals surface area contributed by atoms with E-state index in [1.165, 1.54) is 6.07 Å². The second-order valence-electron chi connectivity index (χ2n) is 5.61. The number of benzene rings is 2. The van der Waals surface area contributed by atoms with Crippen molar-refractivity contribution < 1.29 is 18.3 Å². The predicted octanol–water partition coefficient (Wildman–Crippen LogP) is 3.54. The van der Waals surface area contributed by atoms with Gasteiger partial charge in [-0.15, -0.1) is 0 Å². The van der Waals surface area contributed by atoms with E-state index in [9.17, 15) is 13.5 Å². The summed E-state index contributed by atoms with van der Waals surface area (Å²) in [5, 5.41) is 13.1. The van der Waals surface area contributed by atoms with Gasteiger partial charge in [0.2, 0.25) is 10.0 Å². The summed E-state index contributed by atoms with van der Waals surface area (Å²) in [6.45, 7) is 2.97. The standard InChI is InChI=1S/C16H16Cl2N2O4S/c1-9(10-2-3-14-13(6-10)19-4-5-24-14)20-25(22,23)15-8-11(17)7-12(18)16(15)21/h2-3,6-9,19-21H,4-5H2,1H3. The number of ether oxygens (including phenoxy) is 1. The lowest BCUT2D eigenvalue weighted by Gasteiger charge is -2.22. The summed E-state index contributed by atoms with van der Waals surface area (Å²) in [4.78, 5) is -0.365. The van der Waals surface area contributed by atoms with E-state index in [1.807, 2.05) is 6.07 Å². The topological polar surface area (TPSA) is 87.7 Å². The minimum Gasteiger partial charge on any atom is -0.505 e. The Morgan fingerprint density at radius 3 is 2.80 bits per heavy atom. The summed E-state index contributed by atoms with van der Waals surface area (Å²) in [6, 6.07) is 7.28. The smallest absolute Gasteiger partial charge is 0.244 e. The van der Waals surface area contributed by atoms with E-state index >= 15 is 0 Å². The van der Waals surface area contributed by atoms with Gasteiger partial charge in [0.1, 0.15) is 17.3 Å². The van der Waals surface area contributed by atoms with Crippen LogP contribution < -0.4 is 14.8 Å². The molecule has 0 aliphatic carbocycles. The maximum atomic E-state index is 12.6. The molecule has 134 valence electrons. The number of aromatic hydroxyl groups is 1. The summed E-state index contributed by atoms with van der Waals surface area (Å²) in [5.41, 5.74) is 1.55. The first-order valence-electron chi connectivity index (χ1n) is 7.49. The second kappa shape index (κ2) is 6.92. The van der Waals surface area contributed by atoms with Gasteiger partial charge in [-0.2, -0.15) is 0 Å². The van der Waals surface area contributed by atoms with Gasteiger partial charge in [-0.1, -0.05) is 29.3 Å². The summed E-state index contributed by atoms with van der Waals surface area (Å²) >= 11 is 11.7. The van der Waals surface area contributed by atoms with Crippen molar-refractivity contribution in [3.05, 3.63) is 45.9 Å². The van der Waals surface area contributed by atoms with Crippen molar-refractivity contribution in [2.75, 3.05) is 18.5 Å². The molecule has 0 radical (unpaired) electrons. The highest BCUT2D eigenvalue weighted by molar-refractivity contribution is 7.89. The van der Waals surface area contributed by atoms with Gasteiger partial charge < -0.3 is 15.2 Å². The number of fused-ring (bicyclic) bond motifs is 1. The second-order valence-corrected chi connectivity index (χ2v) is 8.13. The van der Waals surface area contributed by atoms with Crippen LogP contribution in [-0.2, 0) is 10.0 Å². The molecule has 6 nitrogen and oxygen atoms in total. The Hall–Kier alpha value is -1.67. The molecule has 1 aliphatic heterocycles. The Balaban J connectivity index is 1.88. The Kier molecular flexibility index (Phi) is 5.02. The first-order valence-corrected chi connectivity index (χ1v) is 9.73. The molecule has 3 N–H and O–H groups in total. The van der Waals surface area contributed by atoms with E-state index in [-0.39, 0.29) is 14.9 Å². The summed E-state index contributed by atoms with van der Waals surface area (Å²) in [7, 11) is -4.03. The largest absolute Gasteiger partial charge is 0.505 e. The summed E-state index contributed by atoms with van der Waals surface area (Å²) < 4.78 is 33.2. The van der Waals surface area contributed by atoms with Gasteiger partial charge in [0.25, 0.3) is 0 Å². The third kappa shape index (κ3) is 3.79. The first kappa shape index (κ1) is 18.1. The summed E-state index contributed by atoms with van der Waals surface area (Å²) in [5.74, 6) is 0.190. The molecule has 3 rings (SSSR count). The van der Waals surface area contributed by atoms with Crippen molar-refractivity contribution in [3.8, 4) is 11.5 Å². The number of rotatable bonds is 4. The fourth-order valence-electron chi connectivity index (χ4n) is 2.54. The van der Waals surface area contributed by atoms with Crippen molar-refractivity contribution in [2.24, 2.45) is 0 Å². The monoisotopic (exact) mass is 402 g/mol. The van der Waals surface area contributed by atoms with Gasteiger partial charge in [0.15, 0.2) is 5.75 Å². The fraction of sp³-hybridized carbons (Fsp3) is 0.250. The SMILES string of the molecule is CC(NS(=O)(=O)c1cc(Cl)cc(Cl)c1O)c1ccc2c(c1)NCCO2. The molecule has 1 aliphatic rings. The molecule has 0 saturated heterocycles. The molecular weight excluding hydrogens is 387 g/mol. The van der Waals surface area contributed by atoms with Crippen molar-refractivity contribution in [3.63, 3.8) is 0 Å². The highest BCUT2D eigenvalue weighted by Gasteiger charge is 2.24. The number of halogens is 2. The molecule has 1 atom stereocenters. The molecule has 0 saturated carbocycles. The number of hydrogen-bond acceptors (Lipinski definition) is 5. The lowest BCUT2D eigenvalue weighted by molar-refractivity contribution is 0.323. The minimum absolute atomic E-state index is 0.117. The quantitative estimate of drug-likeness (QED) is 0.727. The lowest BCUT2D eigenvalue weighted by atomic mass is 10.1. The predicted molar refractivity (Wildman–Crippen MR) is 97.3 cm³/mol. The Bertz CT molecular complexity index is 919. The molecule has 1 unspecified atom stereocenters. The molecule has 2 aromatic rings. The number of nitrogens with one attached hydrogen (secondary N) is 2. The van der Waals surface area contributed by atoms with Crippen LogP contribution in [0.15, 0.2) is 35.2 Å². The van der Waals surface area contributed by atoms with Gasteiger partial charge in [0.05, 0.1) is 10.7 Å². The van der Waals surface area contributed by atoms with E-state index in [4.69, 9.17) is 27.9 Å². The van der Waals surface area contributed by atoms with E-state index < -0.39 is 21.8 Å². The number of anilines is 1. The number of hydrogen-bond donors (Lipinski definition) is 3. The first-order chi connectivity index (χ1) is 11.8. The Morgan fingerprint density at radius 1 is 1.28 bits per heavy atom. The van der Waals surface area contributed by atoms with Gasteiger partial charge in [-0.3, -0.25) is 0 Å². The van der Waals surface area contributed by atoms with Crippen LogP contribution in [-0.4, -0.2) is 26.7 Å². The van der Waals surface area contributed by atoms with Gasteiger partial charge in [0, 0.05) is 17.6 Å². The van der Waals surface area contributed by atoms with Gasteiger partial charge in [-0.05, 0) is 36.8 Å². The van der Waals surface area contributed by atoms with E-state index in [0.717, 1.165) is 23.1 Å². The molecule has 2 aromatic carbocycles. The number of phenolic OH excluding ortho intramolecular Hbond substituents is 1. The molecule has 25 heavy (non-hydrogen) atoms. The highest BCUT2D eigenvalue weighted by Crippen LogP contribution is 2.35. The highest BCUT2D eigenvalue weighted by atomic mass is 35.5. The van der Waals surface area contributed by atoms with Crippen molar-refractivity contribution in [1.82, 2.24) is 4.72 Å². The molecule has 9 heteroatoms. The van der Waals surface area contributed by atoms with E-state index in [0.29, 0.717) is 13.2 Å². The number of phenols is 1. The zero-order valence-electron chi connectivity index (χ0n) is 13.2. The molecule has 0 bridgehead atoms. The molecule has 1 heterocycles. The third-order valence-corrected chi connectivity index (χ3v) is 5.85. The van der Waals surface area contributed by atoms with Crippen LogP contribution in [0.4, 0.5) is 5.69 Å². The van der Waals surface area contributed by atoms with Crippen LogP contribution in [0.1, 0.15) is 18.5 Å². The molecule has 0 amide bonds. The van der Waals surface area contributed by atoms with Crippen LogP contribution in [0, 0.1) is 0 Å². The Morgan fingerprint density at radius 2 is 2.04 bits per heavy atom. The lowest BCUT2D eigenvalue weighted by Crippen LogP contribution is -2.27. The van der Waals surface area contributed by atoms with Crippen LogP contribution in [0.3, 0.4) is 0 Å². The van der Waals surface area contributed by atoms with Gasteiger partial charge in [-0.25, -0.2) is 13.1 Å². The van der Waals surface area contributed by atoms with Crippen molar-refractivity contribution in [1.29, 1.82) is 0 Å². The van der Waals surface area contributed by atoms with Crippen LogP contribution in [0.5, 0.6) is 11.5 Å². The third-order valence-electron chi connectivity index (χ3n) is 3.79. The van der Waals surface area contributed by atoms with Crippen LogP contribution in [0.25, 0.3) is 0 Å². The molecule has 0 fully saturated rings. The van der Waals surface area contributed by atoms with Crippen LogP contribution >= 0.6 is 23.2 Å². The van der Waals surface area contributed by atoms with Crippen LogP contribution in [0.2, 0.25) is 10.0 Å². The Labute approximate surface area is 155 Å². The maximum Gasteiger partial charge on any atom is 0.244 e. The normalized spacial score (nSPS) is 15.0. The average Bonchev–Trinajstić information content (AvgIpc) is 2.57. The number of sulfonamides is 1. The molecule has 0 aromatic heterocycles. The van der Waals surface area contributed by atoms with Crippen molar-refractivity contribution in [2.45, 2.75) is 17.9 Å². The fourth-order valence-corrected chi connectivity index (χ4v) is 4.53. The minimum atomic E-state index is -4.03. The van der Waals surface area contributed by atoms with E-state index in [1.54, 1.807) is 19.1 Å². The maximum absolute atomic E-state index is 12.6. The van der Waals surface area contributed by atoms with Crippen molar-refractivity contribution >= 4 is 38.9 Å². The zero-order chi connectivity index (χ0) is 18.2. The van der Waals surface area contributed by atoms with Gasteiger partial charge >= 0.3 is 0 Å². The summed E-state index contributed by atoms with van der Waals surface area (Å²) in [6.07, 6.45) is 0. The molecule has 0 spiro atoms.